The molecular weight excluding hydrogens is 332 g/mol. The number of likely N-dealkylation sites (tertiary alicyclic amines) is 1. The van der Waals surface area contributed by atoms with Crippen LogP contribution in [0.5, 0.6) is 0 Å². The summed E-state index contributed by atoms with van der Waals surface area (Å²) in [6.07, 6.45) is 1.51. The summed E-state index contributed by atoms with van der Waals surface area (Å²) in [7, 11) is 1.84. The Hall–Kier alpha value is -1.36. The summed E-state index contributed by atoms with van der Waals surface area (Å²) in [4.78, 5) is 28.1. The fourth-order valence-electron chi connectivity index (χ4n) is 2.57. The Balaban J connectivity index is 1.93. The number of carbonyl (C=O) groups excluding carboxylic acids is 2. The Labute approximate surface area is 134 Å². The maximum atomic E-state index is 12.4. The van der Waals surface area contributed by atoms with Crippen LogP contribution in [0.25, 0.3) is 0 Å². The van der Waals surface area contributed by atoms with Gasteiger partial charge < -0.3 is 9.80 Å². The zero-order valence-corrected chi connectivity index (χ0v) is 14.1. The highest BCUT2D eigenvalue weighted by atomic mass is 79.9. The minimum Gasteiger partial charge on any atom is -0.346 e. The number of rotatable bonds is 3. The molecule has 2 rings (SSSR count). The van der Waals surface area contributed by atoms with Gasteiger partial charge in [-0.2, -0.15) is 0 Å². The van der Waals surface area contributed by atoms with Crippen LogP contribution in [0.4, 0.5) is 0 Å². The number of halogens is 1. The molecule has 1 fully saturated rings. The van der Waals surface area contributed by atoms with Gasteiger partial charge in [0.1, 0.15) is 0 Å². The van der Waals surface area contributed by atoms with Crippen LogP contribution in [0, 0.1) is 5.92 Å². The Kier molecular flexibility index (Phi) is 5.39. The van der Waals surface area contributed by atoms with E-state index < -0.39 is 0 Å². The lowest BCUT2D eigenvalue weighted by atomic mass is 9.95. The maximum Gasteiger partial charge on any atom is 0.253 e. The molecule has 1 aliphatic heterocycles. The molecule has 1 aromatic rings. The van der Waals surface area contributed by atoms with E-state index in [1.165, 1.54) is 0 Å². The highest BCUT2D eigenvalue weighted by Gasteiger charge is 2.28. The van der Waals surface area contributed by atoms with Crippen molar-refractivity contribution in [3.05, 3.63) is 34.3 Å². The van der Waals surface area contributed by atoms with Crippen LogP contribution in [0.15, 0.2) is 28.7 Å². The SMILES string of the molecule is CCN(C)C(=O)C1CCN(C(=O)c2ccc(Br)cc2)CC1. The van der Waals surface area contributed by atoms with Gasteiger partial charge in [-0.25, -0.2) is 0 Å². The molecule has 21 heavy (non-hydrogen) atoms. The van der Waals surface area contributed by atoms with E-state index in [0.717, 1.165) is 23.9 Å². The first kappa shape index (κ1) is 16.0. The molecule has 1 aromatic carbocycles. The smallest absolute Gasteiger partial charge is 0.253 e. The largest absolute Gasteiger partial charge is 0.346 e. The quantitative estimate of drug-likeness (QED) is 0.839. The van der Waals surface area contributed by atoms with E-state index in [2.05, 4.69) is 15.9 Å². The summed E-state index contributed by atoms with van der Waals surface area (Å²) in [6.45, 7) is 4.02. The summed E-state index contributed by atoms with van der Waals surface area (Å²) in [5.74, 6) is 0.314. The number of amides is 2. The molecule has 0 spiro atoms. The molecule has 0 radical (unpaired) electrons. The second-order valence-electron chi connectivity index (χ2n) is 5.43. The van der Waals surface area contributed by atoms with Crippen molar-refractivity contribution >= 4 is 27.7 Å². The maximum absolute atomic E-state index is 12.4. The van der Waals surface area contributed by atoms with Crippen molar-refractivity contribution in [1.82, 2.24) is 9.80 Å². The first-order chi connectivity index (χ1) is 10.0. The number of hydrogen-bond acceptors (Lipinski definition) is 2. The van der Waals surface area contributed by atoms with Crippen LogP contribution in [0.3, 0.4) is 0 Å². The zero-order chi connectivity index (χ0) is 15.4. The van der Waals surface area contributed by atoms with E-state index in [0.29, 0.717) is 18.7 Å². The molecule has 0 N–H and O–H groups in total. The number of benzene rings is 1. The van der Waals surface area contributed by atoms with Crippen molar-refractivity contribution in [2.45, 2.75) is 19.8 Å². The molecule has 0 saturated carbocycles. The van der Waals surface area contributed by atoms with Crippen LogP contribution in [-0.4, -0.2) is 48.3 Å². The zero-order valence-electron chi connectivity index (χ0n) is 12.5. The van der Waals surface area contributed by atoms with Gasteiger partial charge in [-0.15, -0.1) is 0 Å². The highest BCUT2D eigenvalue weighted by Crippen LogP contribution is 2.21. The molecule has 5 heteroatoms. The molecule has 4 nitrogen and oxygen atoms in total. The van der Waals surface area contributed by atoms with Gasteiger partial charge in [0.25, 0.3) is 5.91 Å². The third-order valence-electron chi connectivity index (χ3n) is 4.07. The lowest BCUT2D eigenvalue weighted by Crippen LogP contribution is -2.43. The third kappa shape index (κ3) is 3.84. The van der Waals surface area contributed by atoms with Gasteiger partial charge >= 0.3 is 0 Å². The van der Waals surface area contributed by atoms with E-state index in [1.807, 2.05) is 43.1 Å². The van der Waals surface area contributed by atoms with E-state index in [4.69, 9.17) is 0 Å². The summed E-state index contributed by atoms with van der Waals surface area (Å²) < 4.78 is 0.964. The standard InChI is InChI=1S/C16H21BrN2O2/c1-3-18(2)15(20)13-8-10-19(11-9-13)16(21)12-4-6-14(17)7-5-12/h4-7,13H,3,8-11H2,1-2H3. The van der Waals surface area contributed by atoms with Gasteiger partial charge in [0.2, 0.25) is 5.91 Å². The second-order valence-corrected chi connectivity index (χ2v) is 6.34. The molecule has 1 aliphatic rings. The van der Waals surface area contributed by atoms with Gasteiger partial charge in [-0.05, 0) is 44.0 Å². The van der Waals surface area contributed by atoms with Crippen molar-refractivity contribution in [3.8, 4) is 0 Å². The van der Waals surface area contributed by atoms with Crippen LogP contribution < -0.4 is 0 Å². The van der Waals surface area contributed by atoms with Crippen molar-refractivity contribution in [2.75, 3.05) is 26.7 Å². The lowest BCUT2D eigenvalue weighted by molar-refractivity contribution is -0.135. The van der Waals surface area contributed by atoms with Gasteiger partial charge in [0, 0.05) is 42.6 Å². The van der Waals surface area contributed by atoms with Crippen molar-refractivity contribution in [3.63, 3.8) is 0 Å². The normalized spacial score (nSPS) is 15.9. The molecule has 0 unspecified atom stereocenters. The van der Waals surface area contributed by atoms with Crippen LogP contribution in [-0.2, 0) is 4.79 Å². The van der Waals surface area contributed by atoms with Gasteiger partial charge in [0.15, 0.2) is 0 Å². The van der Waals surface area contributed by atoms with Crippen LogP contribution in [0.2, 0.25) is 0 Å². The summed E-state index contributed by atoms with van der Waals surface area (Å²) in [6, 6.07) is 7.41. The Morgan fingerprint density at radius 1 is 1.24 bits per heavy atom. The molecule has 0 atom stereocenters. The van der Waals surface area contributed by atoms with Gasteiger partial charge in [-0.3, -0.25) is 9.59 Å². The Morgan fingerprint density at radius 2 is 1.81 bits per heavy atom. The number of hydrogen-bond donors (Lipinski definition) is 0. The number of piperidine rings is 1. The fourth-order valence-corrected chi connectivity index (χ4v) is 2.84. The summed E-state index contributed by atoms with van der Waals surface area (Å²) in [5.41, 5.74) is 0.702. The van der Waals surface area contributed by atoms with Crippen molar-refractivity contribution in [1.29, 1.82) is 0 Å². The number of carbonyl (C=O) groups is 2. The molecule has 0 aliphatic carbocycles. The first-order valence-electron chi connectivity index (χ1n) is 7.32. The van der Waals surface area contributed by atoms with Crippen molar-refractivity contribution in [2.24, 2.45) is 5.92 Å². The molecule has 0 aromatic heterocycles. The van der Waals surface area contributed by atoms with E-state index in [-0.39, 0.29) is 17.7 Å². The van der Waals surface area contributed by atoms with Gasteiger partial charge in [0.05, 0.1) is 0 Å². The minimum absolute atomic E-state index is 0.0530. The van der Waals surface area contributed by atoms with E-state index in [9.17, 15) is 9.59 Å². The average molecular weight is 353 g/mol. The van der Waals surface area contributed by atoms with Crippen molar-refractivity contribution < 1.29 is 9.59 Å². The monoisotopic (exact) mass is 352 g/mol. The molecular formula is C16H21BrN2O2. The Morgan fingerprint density at radius 3 is 2.33 bits per heavy atom. The molecule has 2 amide bonds. The predicted molar refractivity (Wildman–Crippen MR) is 86.1 cm³/mol. The fraction of sp³-hybridized carbons (Fsp3) is 0.500. The lowest BCUT2D eigenvalue weighted by Gasteiger charge is -2.33. The van der Waals surface area contributed by atoms with Crippen LogP contribution >= 0.6 is 15.9 Å². The predicted octanol–water partition coefficient (Wildman–Crippen LogP) is 2.78. The summed E-state index contributed by atoms with van der Waals surface area (Å²) >= 11 is 3.37. The molecule has 0 bridgehead atoms. The highest BCUT2D eigenvalue weighted by molar-refractivity contribution is 9.10. The first-order valence-corrected chi connectivity index (χ1v) is 8.12. The molecule has 1 saturated heterocycles. The third-order valence-corrected chi connectivity index (χ3v) is 4.60. The summed E-state index contributed by atoms with van der Waals surface area (Å²) in [5, 5.41) is 0. The molecule has 114 valence electrons. The van der Waals surface area contributed by atoms with E-state index >= 15 is 0 Å². The average Bonchev–Trinajstić information content (AvgIpc) is 2.53. The number of nitrogens with zero attached hydrogens (tertiary/aromatic N) is 2. The second kappa shape index (κ2) is 7.07. The topological polar surface area (TPSA) is 40.6 Å². The minimum atomic E-state index is 0.0530. The molecule has 1 heterocycles. The van der Waals surface area contributed by atoms with E-state index in [1.54, 1.807) is 4.90 Å². The van der Waals surface area contributed by atoms with Crippen LogP contribution in [0.1, 0.15) is 30.1 Å². The van der Waals surface area contributed by atoms with Gasteiger partial charge in [-0.1, -0.05) is 15.9 Å². The Bertz CT molecular complexity index is 508.